The molecule has 1 aromatic carbocycles. The maximum Gasteiger partial charge on any atom is 0.227 e. The van der Waals surface area contributed by atoms with Gasteiger partial charge >= 0.3 is 0 Å². The van der Waals surface area contributed by atoms with Crippen LogP contribution >= 0.6 is 34.5 Å². The van der Waals surface area contributed by atoms with Gasteiger partial charge in [-0.1, -0.05) is 23.7 Å². The van der Waals surface area contributed by atoms with Crippen LogP contribution in [0.3, 0.4) is 0 Å². The fraction of sp³-hybridized carbons (Fsp3) is 0.0769. The predicted molar refractivity (Wildman–Crippen MR) is 78.2 cm³/mol. The van der Waals surface area contributed by atoms with E-state index in [1.165, 1.54) is 11.3 Å². The third-order valence-electron chi connectivity index (χ3n) is 2.53. The van der Waals surface area contributed by atoms with Crippen LogP contribution in [-0.4, -0.2) is 9.97 Å². The van der Waals surface area contributed by atoms with Gasteiger partial charge in [-0.15, -0.1) is 11.3 Å². The summed E-state index contributed by atoms with van der Waals surface area (Å²) in [7, 11) is 0. The summed E-state index contributed by atoms with van der Waals surface area (Å²) < 4.78 is 5.71. The highest BCUT2D eigenvalue weighted by Crippen LogP contribution is 2.28. The lowest BCUT2D eigenvalue weighted by Crippen LogP contribution is -1.98. The topological polar surface area (TPSA) is 35.0 Å². The lowest BCUT2D eigenvalue weighted by Gasteiger charge is -2.07. The molecule has 0 aliphatic carbocycles. The standard InChI is InChI=1S/C13H8Cl2N2OS/c14-9-3-1-2-8(6-9)7-18-11-10-4-5-19-12(10)17-13(15)16-11/h1-6H,7H2. The number of nitrogens with zero attached hydrogens (tertiary/aromatic N) is 2. The minimum absolute atomic E-state index is 0.191. The number of rotatable bonds is 3. The van der Waals surface area contributed by atoms with E-state index in [1.807, 2.05) is 35.7 Å². The second kappa shape index (κ2) is 5.33. The van der Waals surface area contributed by atoms with Crippen molar-refractivity contribution in [2.75, 3.05) is 0 Å². The maximum atomic E-state index is 5.93. The van der Waals surface area contributed by atoms with Crippen LogP contribution in [0, 0.1) is 0 Å². The normalized spacial score (nSPS) is 10.8. The molecule has 19 heavy (non-hydrogen) atoms. The first-order chi connectivity index (χ1) is 9.22. The minimum atomic E-state index is 0.191. The van der Waals surface area contributed by atoms with Crippen molar-refractivity contribution in [2.24, 2.45) is 0 Å². The van der Waals surface area contributed by atoms with E-state index in [0.717, 1.165) is 15.8 Å². The maximum absolute atomic E-state index is 5.93. The van der Waals surface area contributed by atoms with E-state index in [2.05, 4.69) is 9.97 Å². The van der Waals surface area contributed by atoms with E-state index in [1.54, 1.807) is 0 Å². The number of hydrogen-bond acceptors (Lipinski definition) is 4. The van der Waals surface area contributed by atoms with Gasteiger partial charge in [0, 0.05) is 5.02 Å². The van der Waals surface area contributed by atoms with Crippen molar-refractivity contribution >= 4 is 44.8 Å². The van der Waals surface area contributed by atoms with Crippen LogP contribution in [0.4, 0.5) is 0 Å². The first-order valence-electron chi connectivity index (χ1n) is 5.50. The van der Waals surface area contributed by atoms with Crippen LogP contribution < -0.4 is 4.74 Å². The lowest BCUT2D eigenvalue weighted by atomic mass is 10.2. The van der Waals surface area contributed by atoms with Gasteiger partial charge < -0.3 is 4.74 Å². The molecule has 0 amide bonds. The predicted octanol–water partition coefficient (Wildman–Crippen LogP) is 4.58. The summed E-state index contributed by atoms with van der Waals surface area (Å²) in [6, 6.07) is 9.43. The molecule has 0 atom stereocenters. The summed E-state index contributed by atoms with van der Waals surface area (Å²) in [5.74, 6) is 0.497. The Morgan fingerprint density at radius 3 is 2.89 bits per heavy atom. The molecule has 0 radical (unpaired) electrons. The third-order valence-corrected chi connectivity index (χ3v) is 3.74. The molecule has 96 valence electrons. The average Bonchev–Trinajstić information content (AvgIpc) is 2.84. The second-order valence-corrected chi connectivity index (χ2v) is 5.52. The molecule has 3 nitrogen and oxygen atoms in total. The van der Waals surface area contributed by atoms with Crippen LogP contribution in [0.25, 0.3) is 10.2 Å². The Morgan fingerprint density at radius 1 is 1.16 bits per heavy atom. The number of ether oxygens (including phenoxy) is 1. The minimum Gasteiger partial charge on any atom is -0.472 e. The quantitative estimate of drug-likeness (QED) is 0.664. The molecule has 0 saturated carbocycles. The molecule has 3 aromatic rings. The van der Waals surface area contributed by atoms with Gasteiger partial charge in [0.05, 0.1) is 5.39 Å². The number of aromatic nitrogens is 2. The van der Waals surface area contributed by atoms with Crippen LogP contribution in [0.15, 0.2) is 35.7 Å². The first kappa shape index (κ1) is 12.7. The number of benzene rings is 1. The van der Waals surface area contributed by atoms with Crippen molar-refractivity contribution in [3.63, 3.8) is 0 Å². The fourth-order valence-electron chi connectivity index (χ4n) is 1.69. The summed E-state index contributed by atoms with van der Waals surface area (Å²) in [5, 5.41) is 3.68. The van der Waals surface area contributed by atoms with Crippen molar-refractivity contribution in [2.45, 2.75) is 6.61 Å². The van der Waals surface area contributed by atoms with E-state index >= 15 is 0 Å². The Morgan fingerprint density at radius 2 is 2.05 bits per heavy atom. The lowest BCUT2D eigenvalue weighted by molar-refractivity contribution is 0.298. The Bertz CT molecular complexity index is 729. The molecule has 0 bridgehead atoms. The van der Waals surface area contributed by atoms with Crippen molar-refractivity contribution in [1.82, 2.24) is 9.97 Å². The third kappa shape index (κ3) is 2.81. The molecule has 0 unspecified atom stereocenters. The van der Waals surface area contributed by atoms with E-state index < -0.39 is 0 Å². The molecule has 0 saturated heterocycles. The Labute approximate surface area is 123 Å². The van der Waals surface area contributed by atoms with Gasteiger partial charge in [0.15, 0.2) is 0 Å². The van der Waals surface area contributed by atoms with E-state index in [-0.39, 0.29) is 5.28 Å². The summed E-state index contributed by atoms with van der Waals surface area (Å²) in [4.78, 5) is 9.07. The fourth-order valence-corrected chi connectivity index (χ4v) is 2.87. The smallest absolute Gasteiger partial charge is 0.227 e. The molecule has 2 aromatic heterocycles. The molecule has 6 heteroatoms. The molecule has 3 rings (SSSR count). The Balaban J connectivity index is 1.87. The zero-order valence-electron chi connectivity index (χ0n) is 9.64. The van der Waals surface area contributed by atoms with Gasteiger partial charge in [-0.2, -0.15) is 4.98 Å². The van der Waals surface area contributed by atoms with Gasteiger partial charge in [0.2, 0.25) is 11.2 Å². The van der Waals surface area contributed by atoms with Gasteiger partial charge in [0.1, 0.15) is 11.4 Å². The highest BCUT2D eigenvalue weighted by atomic mass is 35.5. The monoisotopic (exact) mass is 310 g/mol. The number of fused-ring (bicyclic) bond motifs is 1. The zero-order valence-corrected chi connectivity index (χ0v) is 12.0. The van der Waals surface area contributed by atoms with Crippen LogP contribution in [0.2, 0.25) is 10.3 Å². The van der Waals surface area contributed by atoms with E-state index in [4.69, 9.17) is 27.9 Å². The van der Waals surface area contributed by atoms with E-state index in [0.29, 0.717) is 17.5 Å². The SMILES string of the molecule is Clc1cccc(COc2nc(Cl)nc3sccc23)c1. The van der Waals surface area contributed by atoms with Gasteiger partial charge in [-0.25, -0.2) is 4.98 Å². The Hall–Kier alpha value is -1.36. The van der Waals surface area contributed by atoms with Crippen LogP contribution in [-0.2, 0) is 6.61 Å². The molecular formula is C13H8Cl2N2OS. The Kier molecular flexibility index (Phi) is 3.55. The van der Waals surface area contributed by atoms with Crippen molar-refractivity contribution in [1.29, 1.82) is 0 Å². The average molecular weight is 311 g/mol. The number of hydrogen-bond donors (Lipinski definition) is 0. The molecule has 0 N–H and O–H groups in total. The zero-order chi connectivity index (χ0) is 13.2. The molecule has 2 heterocycles. The number of thiophene rings is 1. The summed E-state index contributed by atoms with van der Waals surface area (Å²) in [5.41, 5.74) is 0.977. The highest BCUT2D eigenvalue weighted by molar-refractivity contribution is 7.16. The molecule has 0 fully saturated rings. The largest absolute Gasteiger partial charge is 0.472 e. The highest BCUT2D eigenvalue weighted by Gasteiger charge is 2.09. The molecule has 0 aliphatic rings. The van der Waals surface area contributed by atoms with Crippen LogP contribution in [0.1, 0.15) is 5.56 Å². The van der Waals surface area contributed by atoms with Crippen LogP contribution in [0.5, 0.6) is 5.88 Å². The van der Waals surface area contributed by atoms with Gasteiger partial charge in [-0.3, -0.25) is 0 Å². The summed E-state index contributed by atoms with van der Waals surface area (Å²) in [6.07, 6.45) is 0. The molecular weight excluding hydrogens is 303 g/mol. The first-order valence-corrected chi connectivity index (χ1v) is 7.14. The van der Waals surface area contributed by atoms with E-state index in [9.17, 15) is 0 Å². The van der Waals surface area contributed by atoms with Gasteiger partial charge in [-0.05, 0) is 40.7 Å². The molecule has 0 aliphatic heterocycles. The summed E-state index contributed by atoms with van der Waals surface area (Å²) >= 11 is 13.3. The second-order valence-electron chi connectivity index (χ2n) is 3.86. The number of halogens is 2. The molecule has 0 spiro atoms. The van der Waals surface area contributed by atoms with Gasteiger partial charge in [0.25, 0.3) is 0 Å². The van der Waals surface area contributed by atoms with Crippen molar-refractivity contribution < 1.29 is 4.74 Å². The van der Waals surface area contributed by atoms with Crippen molar-refractivity contribution in [3.8, 4) is 5.88 Å². The van der Waals surface area contributed by atoms with Crippen molar-refractivity contribution in [3.05, 3.63) is 51.6 Å². The summed E-state index contributed by atoms with van der Waals surface area (Å²) in [6.45, 7) is 0.388.